The first kappa shape index (κ1) is 29.3. The summed E-state index contributed by atoms with van der Waals surface area (Å²) in [4.78, 5) is 0. The maximum atomic E-state index is 2.34. The van der Waals surface area contributed by atoms with Gasteiger partial charge in [0.2, 0.25) is 0 Å². The van der Waals surface area contributed by atoms with Crippen molar-refractivity contribution in [1.29, 1.82) is 0 Å². The molecule has 0 heterocycles. The van der Waals surface area contributed by atoms with Gasteiger partial charge in [-0.25, -0.2) is 0 Å². The maximum Gasteiger partial charge on any atom is 0.0440 e. The zero-order valence-corrected chi connectivity index (χ0v) is 19.7. The van der Waals surface area contributed by atoms with Crippen LogP contribution in [-0.4, -0.2) is 8.80 Å². The minimum atomic E-state index is 0. The molecule has 0 aromatic heterocycles. The van der Waals surface area contributed by atoms with Crippen molar-refractivity contribution in [3.63, 3.8) is 0 Å². The van der Waals surface area contributed by atoms with Gasteiger partial charge in [-0.15, -0.1) is 0 Å². The van der Waals surface area contributed by atoms with Crippen molar-refractivity contribution in [3.05, 3.63) is 0 Å². The molecule has 0 aliphatic rings. The molecule has 0 fully saturated rings. The summed E-state index contributed by atoms with van der Waals surface area (Å²) >= 11 is 0. The molecule has 0 bridgehead atoms. The number of hydrogen-bond donors (Lipinski definition) is 0. The van der Waals surface area contributed by atoms with Crippen LogP contribution in [0.5, 0.6) is 0 Å². The van der Waals surface area contributed by atoms with E-state index in [2.05, 4.69) is 26.9 Å². The zero-order valence-electron chi connectivity index (χ0n) is 7.39. The van der Waals surface area contributed by atoms with Gasteiger partial charge in [-0.1, -0.05) is 32.5 Å². The Bertz CT molecular complexity index is 34.6. The van der Waals surface area contributed by atoms with Gasteiger partial charge in [0.15, 0.2) is 0 Å². The van der Waals surface area contributed by atoms with E-state index in [0.29, 0.717) is 0 Å². The second kappa shape index (κ2) is 19.2. The average molecular weight is 457 g/mol. The van der Waals surface area contributed by atoms with Gasteiger partial charge >= 0.3 is 0 Å². The molecule has 0 N–H and O–H groups in total. The summed E-state index contributed by atoms with van der Waals surface area (Å²) in [6, 6.07) is 0. The van der Waals surface area contributed by atoms with E-state index in [4.69, 9.17) is 0 Å². The van der Waals surface area contributed by atoms with Crippen molar-refractivity contribution in [1.82, 2.24) is 0 Å². The molecule has 5 heteroatoms. The smallest absolute Gasteiger partial charge is 0.0440 e. The fourth-order valence-corrected chi connectivity index (χ4v) is 0. The minimum Gasteiger partial charge on any atom is -0.0711 e. The minimum absolute atomic E-state index is 0. The molecule has 0 rings (SSSR count). The molecule has 0 unspecified atom stereocenters. The van der Waals surface area contributed by atoms with E-state index in [1.807, 2.05) is 0 Å². The van der Waals surface area contributed by atoms with Crippen LogP contribution in [0.1, 0.15) is 13.8 Å². The molecule has 0 saturated carbocycles. The Morgan fingerprint density at radius 2 is 0.900 bits per heavy atom. The zero-order chi connectivity index (χ0) is 5.15. The van der Waals surface area contributed by atoms with Gasteiger partial charge in [-0.05, 0) is 0 Å². The molecular formula is C5H13SiY4. The van der Waals surface area contributed by atoms with Gasteiger partial charge in [0.05, 0.1) is 0 Å². The molecule has 0 aromatic carbocycles. The molecule has 5 radical (unpaired) electrons. The van der Waals surface area contributed by atoms with Gasteiger partial charge in [0, 0.05) is 140 Å². The second-order valence-electron chi connectivity index (χ2n) is 2.23. The summed E-state index contributed by atoms with van der Waals surface area (Å²) in [5.74, 6) is 0. The van der Waals surface area contributed by atoms with E-state index in [0.717, 1.165) is 5.54 Å². The Balaban J connectivity index is -0.0000000208. The maximum absolute atomic E-state index is 2.34. The Morgan fingerprint density at radius 1 is 0.800 bits per heavy atom. The molecule has 0 nitrogen and oxygen atoms in total. The quantitative estimate of drug-likeness (QED) is 0.530. The Hall–Kier alpha value is 4.63. The fraction of sp³-hybridized carbons (Fsp3) is 1.00. The van der Waals surface area contributed by atoms with Crippen molar-refractivity contribution in [2.24, 2.45) is 0 Å². The molecule has 0 aliphatic carbocycles. The third-order valence-corrected chi connectivity index (χ3v) is 3.46. The normalized spacial score (nSPS) is 6.60. The van der Waals surface area contributed by atoms with Crippen LogP contribution in [0, 0.1) is 0 Å². The average Bonchev–Trinajstić information content (AvgIpc) is 1.36. The van der Waals surface area contributed by atoms with Crippen LogP contribution in [0.2, 0.25) is 18.6 Å². The van der Waals surface area contributed by atoms with Gasteiger partial charge in [-0.2, -0.15) is 0 Å². The first-order chi connectivity index (χ1) is 2.64. The Morgan fingerprint density at radius 3 is 0.900 bits per heavy atom. The largest absolute Gasteiger partial charge is 0.0711 e. The van der Waals surface area contributed by atoms with Crippen molar-refractivity contribution in [2.75, 3.05) is 0 Å². The summed E-state index contributed by atoms with van der Waals surface area (Å²) in [7, 11) is 0.0484. The molecular weight excluding hydrogens is 444 g/mol. The van der Waals surface area contributed by atoms with Crippen molar-refractivity contribution >= 4 is 8.80 Å². The van der Waals surface area contributed by atoms with Crippen LogP contribution in [0.3, 0.4) is 0 Å². The van der Waals surface area contributed by atoms with Crippen LogP contribution < -0.4 is 0 Å². The predicted molar refractivity (Wildman–Crippen MR) is 32.6 cm³/mol. The van der Waals surface area contributed by atoms with E-state index in [9.17, 15) is 0 Å². The molecule has 0 saturated heterocycles. The topological polar surface area (TPSA) is 0 Å². The van der Waals surface area contributed by atoms with Crippen LogP contribution in [0.15, 0.2) is 0 Å². The van der Waals surface area contributed by atoms with Crippen molar-refractivity contribution in [2.45, 2.75) is 32.5 Å². The van der Waals surface area contributed by atoms with Crippen LogP contribution in [0.4, 0.5) is 0 Å². The van der Waals surface area contributed by atoms with Gasteiger partial charge in [0.25, 0.3) is 0 Å². The first-order valence-corrected chi connectivity index (χ1v) is 5.02. The van der Waals surface area contributed by atoms with E-state index >= 15 is 0 Å². The SMILES string of the molecule is CC(C)[Si](C)C.[Y].[Y].[Y].[Y]. The third-order valence-electron chi connectivity index (χ3n) is 1.15. The monoisotopic (exact) mass is 457 g/mol. The van der Waals surface area contributed by atoms with Crippen LogP contribution in [0.25, 0.3) is 0 Å². The molecule has 0 aliphatic heterocycles. The van der Waals surface area contributed by atoms with Crippen LogP contribution in [-0.2, 0) is 131 Å². The summed E-state index contributed by atoms with van der Waals surface area (Å²) in [6.45, 7) is 9.26. The fourth-order valence-electron chi connectivity index (χ4n) is 0. The summed E-state index contributed by atoms with van der Waals surface area (Å²) in [5, 5.41) is 0. The third kappa shape index (κ3) is 22.9. The van der Waals surface area contributed by atoms with Crippen molar-refractivity contribution < 1.29 is 131 Å². The molecule has 0 spiro atoms. The van der Waals surface area contributed by atoms with Crippen molar-refractivity contribution in [3.8, 4) is 0 Å². The Kier molecular flexibility index (Phi) is 56.4. The number of rotatable bonds is 1. The first-order valence-electron chi connectivity index (χ1n) is 2.44. The summed E-state index contributed by atoms with van der Waals surface area (Å²) in [6.07, 6.45) is 0. The van der Waals surface area contributed by atoms with E-state index in [1.54, 1.807) is 0 Å². The number of hydrogen-bond acceptors (Lipinski definition) is 0. The Labute approximate surface area is 168 Å². The molecule has 0 aromatic rings. The molecule has 0 amide bonds. The van der Waals surface area contributed by atoms with Gasteiger partial charge in [0.1, 0.15) is 0 Å². The van der Waals surface area contributed by atoms with Gasteiger partial charge in [-0.3, -0.25) is 0 Å². The molecule has 49 valence electrons. The van der Waals surface area contributed by atoms with Gasteiger partial charge < -0.3 is 0 Å². The van der Waals surface area contributed by atoms with E-state index in [-0.39, 0.29) is 140 Å². The van der Waals surface area contributed by atoms with E-state index < -0.39 is 0 Å². The molecule has 10 heavy (non-hydrogen) atoms. The summed E-state index contributed by atoms with van der Waals surface area (Å²) in [5.41, 5.74) is 0.954. The second-order valence-corrected chi connectivity index (χ2v) is 5.54. The van der Waals surface area contributed by atoms with Crippen LogP contribution >= 0.6 is 0 Å². The predicted octanol–water partition coefficient (Wildman–Crippen LogP) is 2.14. The van der Waals surface area contributed by atoms with E-state index in [1.165, 1.54) is 0 Å². The summed E-state index contributed by atoms with van der Waals surface area (Å²) < 4.78 is 0. The molecule has 0 atom stereocenters. The standard InChI is InChI=1S/C5H13Si.4Y/c1-5(2)6(3)4;;;;/h5H,1-4H3;;;;.